The van der Waals surface area contributed by atoms with Crippen molar-refractivity contribution in [3.05, 3.63) is 0 Å². The van der Waals surface area contributed by atoms with Gasteiger partial charge in [-0.15, -0.1) is 0 Å². The van der Waals surface area contributed by atoms with Gasteiger partial charge in [-0.05, 0) is 37.5 Å². The van der Waals surface area contributed by atoms with Gasteiger partial charge in [0.2, 0.25) is 0 Å². The largest absolute Gasteiger partial charge is 0.472 e. The van der Waals surface area contributed by atoms with E-state index in [4.69, 9.17) is 37.0 Å². The molecule has 0 rings (SSSR count). The molecule has 0 heterocycles. The summed E-state index contributed by atoms with van der Waals surface area (Å²) in [6.07, 6.45) is 57.0. The summed E-state index contributed by atoms with van der Waals surface area (Å²) in [5.41, 5.74) is 0. The number of phosphoric ester groups is 2. The van der Waals surface area contributed by atoms with Gasteiger partial charge in [0.25, 0.3) is 0 Å². The van der Waals surface area contributed by atoms with Crippen LogP contribution >= 0.6 is 15.6 Å². The molecule has 570 valence electrons. The normalized spacial score (nSPS) is 14.3. The van der Waals surface area contributed by atoms with E-state index < -0.39 is 97.5 Å². The van der Waals surface area contributed by atoms with Gasteiger partial charge >= 0.3 is 39.5 Å². The summed E-state index contributed by atoms with van der Waals surface area (Å²) in [6, 6.07) is 0. The van der Waals surface area contributed by atoms with Gasteiger partial charge in [-0.2, -0.15) is 0 Å². The van der Waals surface area contributed by atoms with Crippen molar-refractivity contribution in [1.29, 1.82) is 0 Å². The van der Waals surface area contributed by atoms with Gasteiger partial charge in [-0.25, -0.2) is 9.13 Å². The number of hydrogen-bond donors (Lipinski definition) is 3. The van der Waals surface area contributed by atoms with E-state index in [9.17, 15) is 43.2 Å². The number of hydrogen-bond acceptors (Lipinski definition) is 15. The summed E-state index contributed by atoms with van der Waals surface area (Å²) in [7, 11) is -9.91. The zero-order chi connectivity index (χ0) is 70.7. The second kappa shape index (κ2) is 68.8. The fraction of sp³-hybridized carbons (Fsp3) is 0.948. The minimum Gasteiger partial charge on any atom is -0.462 e. The molecule has 96 heavy (non-hydrogen) atoms. The fourth-order valence-electron chi connectivity index (χ4n) is 11.8. The molecule has 19 heteroatoms. The van der Waals surface area contributed by atoms with E-state index in [-0.39, 0.29) is 25.7 Å². The van der Waals surface area contributed by atoms with Crippen LogP contribution in [-0.2, 0) is 65.4 Å². The molecule has 17 nitrogen and oxygen atoms in total. The molecule has 0 radical (unpaired) electrons. The molecule has 0 aliphatic rings. The van der Waals surface area contributed by atoms with Crippen LogP contribution in [-0.4, -0.2) is 96.7 Å². The Bertz CT molecular complexity index is 1860. The number of phosphoric acid groups is 2. The molecule has 3 unspecified atom stereocenters. The molecule has 0 spiro atoms. The van der Waals surface area contributed by atoms with Gasteiger partial charge in [-0.3, -0.25) is 37.3 Å². The third kappa shape index (κ3) is 69.2. The lowest BCUT2D eigenvalue weighted by molar-refractivity contribution is -0.161. The molecule has 0 bridgehead atoms. The molecule has 0 saturated heterocycles. The number of aliphatic hydroxyl groups excluding tert-OH is 1. The van der Waals surface area contributed by atoms with Gasteiger partial charge in [0.1, 0.15) is 19.3 Å². The Balaban J connectivity index is 5.18. The van der Waals surface area contributed by atoms with E-state index in [1.165, 1.54) is 218 Å². The molecule has 0 saturated carbocycles. The minimum absolute atomic E-state index is 0.104. The Labute approximate surface area is 588 Å². The lowest BCUT2D eigenvalue weighted by Gasteiger charge is -2.21. The van der Waals surface area contributed by atoms with E-state index in [1.807, 2.05) is 0 Å². The van der Waals surface area contributed by atoms with E-state index >= 15 is 0 Å². The smallest absolute Gasteiger partial charge is 0.462 e. The molecular weight excluding hydrogens is 1260 g/mol. The molecule has 0 aromatic rings. The predicted molar refractivity (Wildman–Crippen MR) is 391 cm³/mol. The van der Waals surface area contributed by atoms with Gasteiger partial charge in [-0.1, -0.05) is 350 Å². The Hall–Kier alpha value is -1.94. The average Bonchev–Trinajstić information content (AvgIpc) is 1.09. The van der Waals surface area contributed by atoms with Crippen molar-refractivity contribution >= 4 is 39.5 Å². The molecule has 0 aromatic heterocycles. The molecule has 3 N–H and O–H groups in total. The summed E-state index contributed by atoms with van der Waals surface area (Å²) in [5, 5.41) is 10.6. The molecule has 6 atom stereocenters. The topological polar surface area (TPSA) is 237 Å². The highest BCUT2D eigenvalue weighted by molar-refractivity contribution is 7.47. The van der Waals surface area contributed by atoms with Gasteiger partial charge in [0, 0.05) is 25.7 Å². The zero-order valence-electron chi connectivity index (χ0n) is 62.7. The van der Waals surface area contributed by atoms with Crippen molar-refractivity contribution < 1.29 is 80.2 Å². The number of aliphatic hydroxyl groups is 1. The lowest BCUT2D eigenvalue weighted by Crippen LogP contribution is -2.30. The van der Waals surface area contributed by atoms with Crippen molar-refractivity contribution in [3.8, 4) is 0 Å². The van der Waals surface area contributed by atoms with Crippen molar-refractivity contribution in [2.45, 2.75) is 419 Å². The maximum atomic E-state index is 13.1. The van der Waals surface area contributed by atoms with Crippen LogP contribution in [0.4, 0.5) is 0 Å². The zero-order valence-corrected chi connectivity index (χ0v) is 64.5. The summed E-state index contributed by atoms with van der Waals surface area (Å²) >= 11 is 0. The van der Waals surface area contributed by atoms with Gasteiger partial charge < -0.3 is 33.8 Å². The number of rotatable bonds is 76. The maximum absolute atomic E-state index is 13.1. The highest BCUT2D eigenvalue weighted by Crippen LogP contribution is 2.45. The van der Waals surface area contributed by atoms with E-state index in [0.717, 1.165) is 95.8 Å². The lowest BCUT2D eigenvalue weighted by atomic mass is 9.99. The maximum Gasteiger partial charge on any atom is 0.472 e. The minimum atomic E-state index is -4.96. The van der Waals surface area contributed by atoms with Crippen LogP contribution in [0.3, 0.4) is 0 Å². The Kier molecular flexibility index (Phi) is 67.4. The number of carbonyl (C=O) groups excluding carboxylic acids is 4. The van der Waals surface area contributed by atoms with Crippen LogP contribution in [0.25, 0.3) is 0 Å². The molecular formula is C77H150O17P2. The first-order valence-corrected chi connectivity index (χ1v) is 43.0. The van der Waals surface area contributed by atoms with Crippen LogP contribution in [0, 0.1) is 11.8 Å². The molecule has 0 fully saturated rings. The van der Waals surface area contributed by atoms with Crippen LogP contribution in [0.15, 0.2) is 0 Å². The third-order valence-corrected chi connectivity index (χ3v) is 20.2. The Morgan fingerprint density at radius 2 is 0.531 bits per heavy atom. The second-order valence-corrected chi connectivity index (χ2v) is 31.4. The SMILES string of the molecule is CCCCCCCCCCCCCCCCC(=O)OC[C@H](COP(=O)(O)OC[C@@H](O)COP(=O)(O)OC[C@@H](COC(=O)CCCCCCCCCCCC)OC(=O)CCCCCCCCCC(C)C)OC(=O)CCCCCCCCCCCCCCCCCCCCC(C)CC. The van der Waals surface area contributed by atoms with Gasteiger partial charge in [0.15, 0.2) is 12.2 Å². The summed E-state index contributed by atoms with van der Waals surface area (Å²) in [4.78, 5) is 72.7. The highest BCUT2D eigenvalue weighted by atomic mass is 31.2. The van der Waals surface area contributed by atoms with Crippen molar-refractivity contribution in [2.24, 2.45) is 11.8 Å². The third-order valence-electron chi connectivity index (χ3n) is 18.3. The molecule has 0 amide bonds. The predicted octanol–water partition coefficient (Wildman–Crippen LogP) is 22.7. The van der Waals surface area contributed by atoms with E-state index in [0.29, 0.717) is 31.6 Å². The molecule has 0 aliphatic carbocycles. The average molecular weight is 1410 g/mol. The monoisotopic (exact) mass is 1410 g/mol. The molecule has 0 aromatic carbocycles. The van der Waals surface area contributed by atoms with Crippen LogP contribution < -0.4 is 0 Å². The first-order valence-electron chi connectivity index (χ1n) is 40.0. The summed E-state index contributed by atoms with van der Waals surface area (Å²) < 4.78 is 68.5. The fourth-order valence-corrected chi connectivity index (χ4v) is 13.4. The van der Waals surface area contributed by atoms with E-state index in [2.05, 4.69) is 41.5 Å². The van der Waals surface area contributed by atoms with E-state index in [1.54, 1.807) is 0 Å². The van der Waals surface area contributed by atoms with Gasteiger partial charge in [0.05, 0.1) is 26.4 Å². The number of esters is 4. The number of unbranched alkanes of at least 4 members (excludes halogenated alkanes) is 45. The van der Waals surface area contributed by atoms with Crippen LogP contribution in [0.2, 0.25) is 0 Å². The van der Waals surface area contributed by atoms with Crippen molar-refractivity contribution in [1.82, 2.24) is 0 Å². The summed E-state index contributed by atoms with van der Waals surface area (Å²) in [5.74, 6) is -0.550. The number of ether oxygens (including phenoxy) is 4. The Morgan fingerprint density at radius 1 is 0.302 bits per heavy atom. The standard InChI is InChI=1S/C77H150O17P2/c1-7-10-12-14-16-18-20-21-29-32-36-42-48-54-60-75(80)88-65-72(93-76(81)61-55-49-43-37-33-30-27-25-23-22-24-26-28-31-34-40-46-52-58-70(6)9-3)67-91-95(83,84)89-63-71(78)64-90-96(85,86)92-68-73(94-77(82)62-56-50-44-38-39-45-51-57-69(4)5)66-87-74(79)59-53-47-41-35-19-17-15-13-11-8-2/h69-73,78H,7-68H2,1-6H3,(H,83,84)(H,85,86)/t70?,71-,72-,73-/m1/s1. The van der Waals surface area contributed by atoms with Crippen LogP contribution in [0.5, 0.6) is 0 Å². The quantitative estimate of drug-likeness (QED) is 0.0222. The van der Waals surface area contributed by atoms with Crippen LogP contribution in [0.1, 0.15) is 401 Å². The summed E-state index contributed by atoms with van der Waals surface area (Å²) in [6.45, 7) is 9.60. The van der Waals surface area contributed by atoms with Crippen molar-refractivity contribution in [2.75, 3.05) is 39.6 Å². The highest BCUT2D eigenvalue weighted by Gasteiger charge is 2.30. The molecule has 0 aliphatic heterocycles. The first-order chi connectivity index (χ1) is 46.4. The van der Waals surface area contributed by atoms with Crippen molar-refractivity contribution in [3.63, 3.8) is 0 Å². The second-order valence-electron chi connectivity index (χ2n) is 28.5. The first kappa shape index (κ1) is 94.1. The number of carbonyl (C=O) groups is 4. The Morgan fingerprint density at radius 3 is 0.792 bits per heavy atom.